The third-order valence-corrected chi connectivity index (χ3v) is 3.17. The summed E-state index contributed by atoms with van der Waals surface area (Å²) in [5.74, 6) is 1.79. The molecule has 0 spiro atoms. The first-order valence-corrected chi connectivity index (χ1v) is 6.86. The maximum atomic E-state index is 5.75. The molecular weight excluding hydrogens is 242 g/mol. The summed E-state index contributed by atoms with van der Waals surface area (Å²) in [7, 11) is 0. The van der Waals surface area contributed by atoms with Crippen molar-refractivity contribution in [3.05, 3.63) is 6.07 Å². The minimum atomic E-state index is -0.0823. The Hall–Kier alpha value is -1.56. The van der Waals surface area contributed by atoms with Gasteiger partial charge in [0.25, 0.3) is 0 Å². The molecule has 1 aliphatic rings. The van der Waals surface area contributed by atoms with Gasteiger partial charge in [0.1, 0.15) is 11.6 Å². The Bertz CT molecular complexity index is 417. The number of hydrogen-bond donors (Lipinski definition) is 3. The fourth-order valence-electron chi connectivity index (χ4n) is 2.22. The predicted molar refractivity (Wildman–Crippen MR) is 77.3 cm³/mol. The molecule has 0 radical (unpaired) electrons. The third kappa shape index (κ3) is 3.96. The molecule has 2 heterocycles. The second kappa shape index (κ2) is 6.06. The second-order valence-electron chi connectivity index (χ2n) is 5.27. The fraction of sp³-hybridized carbons (Fsp3) is 0.692. The highest BCUT2D eigenvalue weighted by Gasteiger charge is 2.27. The molecular formula is C13H23N5O. The van der Waals surface area contributed by atoms with Crippen molar-refractivity contribution in [2.24, 2.45) is 0 Å². The number of nitrogens with one attached hydrogen (secondary N) is 2. The molecule has 2 rings (SSSR count). The lowest BCUT2D eigenvalue weighted by Crippen LogP contribution is -2.43. The van der Waals surface area contributed by atoms with Gasteiger partial charge in [-0.05, 0) is 26.2 Å². The van der Waals surface area contributed by atoms with Crippen LogP contribution in [0.3, 0.4) is 0 Å². The lowest BCUT2D eigenvalue weighted by molar-refractivity contribution is 0.0539. The van der Waals surface area contributed by atoms with E-state index in [1.807, 2.05) is 6.07 Å². The van der Waals surface area contributed by atoms with Crippen molar-refractivity contribution in [3.8, 4) is 0 Å². The molecule has 0 aromatic carbocycles. The number of nitrogens with two attached hydrogens (primary N) is 1. The molecule has 1 aromatic rings. The number of rotatable bonds is 5. The lowest BCUT2D eigenvalue weighted by Gasteiger charge is -2.34. The van der Waals surface area contributed by atoms with Crippen LogP contribution >= 0.6 is 0 Å². The summed E-state index contributed by atoms with van der Waals surface area (Å²) in [5, 5.41) is 6.64. The van der Waals surface area contributed by atoms with E-state index in [9.17, 15) is 0 Å². The summed E-state index contributed by atoms with van der Waals surface area (Å²) in [6, 6.07) is 1.89. The van der Waals surface area contributed by atoms with Gasteiger partial charge in [0.2, 0.25) is 5.95 Å². The van der Waals surface area contributed by atoms with Crippen molar-refractivity contribution < 1.29 is 4.74 Å². The van der Waals surface area contributed by atoms with Crippen LogP contribution in [0.5, 0.6) is 0 Å². The van der Waals surface area contributed by atoms with E-state index in [2.05, 4.69) is 34.4 Å². The molecule has 1 atom stereocenters. The maximum Gasteiger partial charge on any atom is 0.223 e. The Morgan fingerprint density at radius 1 is 1.42 bits per heavy atom. The van der Waals surface area contributed by atoms with Crippen LogP contribution in [0.1, 0.15) is 33.1 Å². The second-order valence-corrected chi connectivity index (χ2v) is 5.27. The molecule has 0 bridgehead atoms. The molecule has 1 aromatic heterocycles. The van der Waals surface area contributed by atoms with Crippen molar-refractivity contribution in [2.75, 3.05) is 36.1 Å². The van der Waals surface area contributed by atoms with Gasteiger partial charge in [-0.3, -0.25) is 0 Å². The highest BCUT2D eigenvalue weighted by molar-refractivity contribution is 5.52. The maximum absolute atomic E-state index is 5.75. The Balaban J connectivity index is 2.08. The Morgan fingerprint density at radius 3 is 2.89 bits per heavy atom. The smallest absolute Gasteiger partial charge is 0.223 e. The van der Waals surface area contributed by atoms with Crippen LogP contribution < -0.4 is 16.4 Å². The number of anilines is 3. The average Bonchev–Trinajstić information content (AvgIpc) is 2.36. The fourth-order valence-corrected chi connectivity index (χ4v) is 2.22. The first-order valence-electron chi connectivity index (χ1n) is 6.86. The molecule has 106 valence electrons. The van der Waals surface area contributed by atoms with Crippen molar-refractivity contribution in [1.82, 2.24) is 9.97 Å². The summed E-state index contributed by atoms with van der Waals surface area (Å²) >= 11 is 0. The van der Waals surface area contributed by atoms with Gasteiger partial charge in [-0.2, -0.15) is 9.97 Å². The van der Waals surface area contributed by atoms with Gasteiger partial charge in [0.15, 0.2) is 0 Å². The van der Waals surface area contributed by atoms with E-state index in [4.69, 9.17) is 10.5 Å². The first kappa shape index (κ1) is 13.9. The Kier molecular flexibility index (Phi) is 4.42. The number of aromatic nitrogens is 2. The van der Waals surface area contributed by atoms with Crippen molar-refractivity contribution in [1.29, 1.82) is 0 Å². The molecule has 0 aliphatic carbocycles. The average molecular weight is 265 g/mol. The summed E-state index contributed by atoms with van der Waals surface area (Å²) in [5.41, 5.74) is 5.66. The van der Waals surface area contributed by atoms with E-state index in [1.54, 1.807) is 0 Å². The Morgan fingerprint density at radius 2 is 2.21 bits per heavy atom. The van der Waals surface area contributed by atoms with Gasteiger partial charge in [-0.15, -0.1) is 0 Å². The lowest BCUT2D eigenvalue weighted by atomic mass is 9.95. The molecule has 19 heavy (non-hydrogen) atoms. The van der Waals surface area contributed by atoms with Crippen molar-refractivity contribution >= 4 is 17.6 Å². The summed E-state index contributed by atoms with van der Waals surface area (Å²) < 4.78 is 5.53. The molecule has 1 saturated heterocycles. The molecule has 6 heteroatoms. The number of nitrogen functional groups attached to an aromatic ring is 1. The monoisotopic (exact) mass is 265 g/mol. The summed E-state index contributed by atoms with van der Waals surface area (Å²) in [6.45, 7) is 6.65. The Labute approximate surface area is 114 Å². The largest absolute Gasteiger partial charge is 0.379 e. The van der Waals surface area contributed by atoms with Crippen molar-refractivity contribution in [2.45, 2.75) is 38.6 Å². The van der Waals surface area contributed by atoms with Crippen molar-refractivity contribution in [3.63, 3.8) is 0 Å². The zero-order valence-electron chi connectivity index (χ0n) is 11.7. The minimum Gasteiger partial charge on any atom is -0.379 e. The van der Waals surface area contributed by atoms with Crippen LogP contribution in [0.4, 0.5) is 17.6 Å². The number of hydrogen-bond acceptors (Lipinski definition) is 6. The van der Waals surface area contributed by atoms with Gasteiger partial charge < -0.3 is 21.1 Å². The number of nitrogens with zero attached hydrogens (tertiary/aromatic N) is 2. The van der Waals surface area contributed by atoms with E-state index >= 15 is 0 Å². The zero-order valence-corrected chi connectivity index (χ0v) is 11.7. The highest BCUT2D eigenvalue weighted by Crippen LogP contribution is 2.24. The topological polar surface area (TPSA) is 85.1 Å². The molecule has 1 fully saturated rings. The van der Waals surface area contributed by atoms with E-state index in [-0.39, 0.29) is 11.5 Å². The molecule has 0 amide bonds. The standard InChI is InChI=1S/C13H23N5O/c1-3-6-15-10-8-11(17-12(14)16-10)18-13(2)5-4-7-19-9-13/h8H,3-7,9H2,1-2H3,(H4,14,15,16,17,18). The summed E-state index contributed by atoms with van der Waals surface area (Å²) in [4.78, 5) is 8.41. The highest BCUT2D eigenvalue weighted by atomic mass is 16.5. The van der Waals surface area contributed by atoms with Gasteiger partial charge >= 0.3 is 0 Å². The van der Waals surface area contributed by atoms with Gasteiger partial charge in [0, 0.05) is 19.2 Å². The molecule has 4 N–H and O–H groups in total. The third-order valence-electron chi connectivity index (χ3n) is 3.17. The SMILES string of the molecule is CCCNc1cc(NC2(C)CCCOC2)nc(N)n1. The van der Waals surface area contributed by atoms with Crippen LogP contribution in [-0.2, 0) is 4.74 Å². The quantitative estimate of drug-likeness (QED) is 0.753. The van der Waals surface area contributed by atoms with Crippen LogP contribution in [0.2, 0.25) is 0 Å². The minimum absolute atomic E-state index is 0.0823. The predicted octanol–water partition coefficient (Wildman–Crippen LogP) is 1.86. The van der Waals surface area contributed by atoms with Gasteiger partial charge in [0.05, 0.1) is 12.1 Å². The molecule has 1 aliphatic heterocycles. The first-order chi connectivity index (χ1) is 9.11. The normalized spacial score (nSPS) is 23.1. The van der Waals surface area contributed by atoms with Gasteiger partial charge in [-0.25, -0.2) is 0 Å². The number of ether oxygens (including phenoxy) is 1. The van der Waals surface area contributed by atoms with E-state index in [1.165, 1.54) is 0 Å². The molecule has 1 unspecified atom stereocenters. The van der Waals surface area contributed by atoms with Crippen LogP contribution in [0.15, 0.2) is 6.07 Å². The van der Waals surface area contributed by atoms with Gasteiger partial charge in [-0.1, -0.05) is 6.92 Å². The van der Waals surface area contributed by atoms with Crippen LogP contribution in [-0.4, -0.2) is 35.3 Å². The zero-order chi connectivity index (χ0) is 13.7. The van der Waals surface area contributed by atoms with E-state index < -0.39 is 0 Å². The van der Waals surface area contributed by atoms with Crippen LogP contribution in [0.25, 0.3) is 0 Å². The molecule has 6 nitrogen and oxygen atoms in total. The van der Waals surface area contributed by atoms with E-state index in [0.717, 1.165) is 44.0 Å². The molecule has 0 saturated carbocycles. The van der Waals surface area contributed by atoms with Crippen LogP contribution in [0, 0.1) is 0 Å². The van der Waals surface area contributed by atoms with E-state index in [0.29, 0.717) is 6.61 Å². The summed E-state index contributed by atoms with van der Waals surface area (Å²) in [6.07, 6.45) is 3.16.